The van der Waals surface area contributed by atoms with Gasteiger partial charge in [0.25, 0.3) is 0 Å². The minimum Gasteiger partial charge on any atom is -0.294 e. The van der Waals surface area contributed by atoms with Crippen LogP contribution < -0.4 is 17.1 Å². The van der Waals surface area contributed by atoms with Crippen LogP contribution >= 0.6 is 0 Å². The molecule has 2 amide bonds. The molecule has 0 spiro atoms. The van der Waals surface area contributed by atoms with Gasteiger partial charge in [0.1, 0.15) is 0 Å². The normalized spacial score (nSPS) is 8.83. The van der Waals surface area contributed by atoms with Gasteiger partial charge in [-0.05, 0) is 0 Å². The van der Waals surface area contributed by atoms with Gasteiger partial charge in [-0.3, -0.25) is 20.0 Å². The lowest BCUT2D eigenvalue weighted by Crippen LogP contribution is -2.34. The Bertz CT molecular complexity index is 192. The second-order valence-corrected chi connectivity index (χ2v) is 2.05. The van der Waals surface area contributed by atoms with E-state index in [4.69, 9.17) is 11.7 Å². The maximum atomic E-state index is 10.9. The zero-order chi connectivity index (χ0) is 9.56. The van der Waals surface area contributed by atoms with E-state index in [9.17, 15) is 9.59 Å². The molecule has 0 aromatic heterocycles. The van der Waals surface area contributed by atoms with E-state index in [1.54, 1.807) is 0 Å². The van der Waals surface area contributed by atoms with Crippen LogP contribution in [0, 0.1) is 0 Å². The van der Waals surface area contributed by atoms with Crippen molar-refractivity contribution in [3.8, 4) is 0 Å². The van der Waals surface area contributed by atoms with Crippen molar-refractivity contribution in [2.24, 2.45) is 11.7 Å². The minimum atomic E-state index is -0.402. The number of rotatable bonds is 4. The lowest BCUT2D eigenvalue weighted by Gasteiger charge is -2.09. The van der Waals surface area contributed by atoms with Crippen molar-refractivity contribution in [3.05, 3.63) is 12.8 Å². The first-order valence-corrected chi connectivity index (χ1v) is 3.30. The Morgan fingerprint density at radius 1 is 1.50 bits per heavy atom. The molecule has 0 aliphatic rings. The Labute approximate surface area is 70.1 Å². The summed E-state index contributed by atoms with van der Waals surface area (Å²) in [7, 11) is 0. The van der Waals surface area contributed by atoms with Gasteiger partial charge >= 0.3 is 0 Å². The predicted molar refractivity (Wildman–Crippen MR) is 42.8 cm³/mol. The standard InChI is InChI=1S/C6H12N4O2/c1-2-10(8)6(12)4-3-5(11)9-7/h2H,1,3-4,7-8H2,(H,9,11). The molecule has 0 unspecified atom stereocenters. The maximum Gasteiger partial charge on any atom is 0.241 e. The van der Waals surface area contributed by atoms with Crippen molar-refractivity contribution in [3.63, 3.8) is 0 Å². The molecule has 0 aromatic rings. The molecule has 5 N–H and O–H groups in total. The van der Waals surface area contributed by atoms with Crippen molar-refractivity contribution in [1.29, 1.82) is 0 Å². The summed E-state index contributed by atoms with van der Waals surface area (Å²) in [5.74, 6) is 9.15. The van der Waals surface area contributed by atoms with Gasteiger partial charge in [-0.25, -0.2) is 11.7 Å². The van der Waals surface area contributed by atoms with Gasteiger partial charge in [-0.15, -0.1) is 0 Å². The molecule has 0 heterocycles. The minimum absolute atomic E-state index is 0.0194. The highest BCUT2D eigenvalue weighted by Gasteiger charge is 2.08. The second kappa shape index (κ2) is 5.28. The summed E-state index contributed by atoms with van der Waals surface area (Å²) in [6.45, 7) is 3.28. The molecular weight excluding hydrogens is 160 g/mol. The van der Waals surface area contributed by atoms with Gasteiger partial charge < -0.3 is 0 Å². The molecule has 0 aliphatic heterocycles. The van der Waals surface area contributed by atoms with Crippen LogP contribution in [0.15, 0.2) is 12.8 Å². The third-order valence-electron chi connectivity index (χ3n) is 1.21. The van der Waals surface area contributed by atoms with E-state index >= 15 is 0 Å². The van der Waals surface area contributed by atoms with Crippen LogP contribution in [0.5, 0.6) is 0 Å². The summed E-state index contributed by atoms with van der Waals surface area (Å²) in [4.78, 5) is 21.5. The fraction of sp³-hybridized carbons (Fsp3) is 0.333. The van der Waals surface area contributed by atoms with Gasteiger partial charge in [0.2, 0.25) is 11.8 Å². The molecule has 0 atom stereocenters. The van der Waals surface area contributed by atoms with Crippen LogP contribution in [0.2, 0.25) is 0 Å². The number of amides is 2. The number of hydrogen-bond donors (Lipinski definition) is 3. The molecule has 0 bridgehead atoms. The molecule has 0 aromatic carbocycles. The first-order valence-electron chi connectivity index (χ1n) is 3.30. The Morgan fingerprint density at radius 2 is 2.08 bits per heavy atom. The van der Waals surface area contributed by atoms with Crippen LogP contribution in [0.4, 0.5) is 0 Å². The third kappa shape index (κ3) is 3.69. The first kappa shape index (κ1) is 10.6. The average Bonchev–Trinajstić information content (AvgIpc) is 2.11. The summed E-state index contributed by atoms with van der Waals surface area (Å²) < 4.78 is 0. The topological polar surface area (TPSA) is 101 Å². The summed E-state index contributed by atoms with van der Waals surface area (Å²) >= 11 is 0. The average molecular weight is 172 g/mol. The van der Waals surface area contributed by atoms with Crippen molar-refractivity contribution in [1.82, 2.24) is 10.4 Å². The van der Waals surface area contributed by atoms with Gasteiger partial charge in [-0.2, -0.15) is 0 Å². The third-order valence-corrected chi connectivity index (χ3v) is 1.21. The molecule has 0 saturated heterocycles. The maximum absolute atomic E-state index is 10.9. The van der Waals surface area contributed by atoms with Crippen LogP contribution in [-0.4, -0.2) is 16.8 Å². The monoisotopic (exact) mass is 172 g/mol. The Morgan fingerprint density at radius 3 is 2.50 bits per heavy atom. The quantitative estimate of drug-likeness (QED) is 0.276. The molecular formula is C6H12N4O2. The Balaban J connectivity index is 3.71. The van der Waals surface area contributed by atoms with E-state index in [2.05, 4.69) is 6.58 Å². The predicted octanol–water partition coefficient (Wildman–Crippen LogP) is -1.40. The van der Waals surface area contributed by atoms with E-state index in [0.717, 1.165) is 5.01 Å². The fourth-order valence-electron chi connectivity index (χ4n) is 0.524. The van der Waals surface area contributed by atoms with Gasteiger partial charge in [0.15, 0.2) is 0 Å². The van der Waals surface area contributed by atoms with E-state index < -0.39 is 5.91 Å². The van der Waals surface area contributed by atoms with E-state index in [0.29, 0.717) is 0 Å². The SMILES string of the molecule is C=CN(N)C(=O)CCC(=O)NN. The second-order valence-electron chi connectivity index (χ2n) is 2.05. The highest BCUT2D eigenvalue weighted by atomic mass is 16.2. The highest BCUT2D eigenvalue weighted by molar-refractivity contribution is 5.83. The van der Waals surface area contributed by atoms with Crippen molar-refractivity contribution in [2.75, 3.05) is 0 Å². The molecule has 68 valence electrons. The van der Waals surface area contributed by atoms with Crippen molar-refractivity contribution in [2.45, 2.75) is 12.8 Å². The number of nitrogens with zero attached hydrogens (tertiary/aromatic N) is 1. The number of hydrazine groups is 2. The van der Waals surface area contributed by atoms with Crippen LogP contribution in [0.1, 0.15) is 12.8 Å². The summed E-state index contributed by atoms with van der Waals surface area (Å²) in [5.41, 5.74) is 1.90. The molecule has 6 heteroatoms. The summed E-state index contributed by atoms with van der Waals surface area (Å²) in [5, 5.41) is 0.823. The van der Waals surface area contributed by atoms with Gasteiger partial charge in [0.05, 0.1) is 0 Å². The largest absolute Gasteiger partial charge is 0.294 e. The Kier molecular flexibility index (Phi) is 4.66. The smallest absolute Gasteiger partial charge is 0.241 e. The molecule has 0 rings (SSSR count). The van der Waals surface area contributed by atoms with Crippen molar-refractivity contribution >= 4 is 11.8 Å². The van der Waals surface area contributed by atoms with Crippen LogP contribution in [0.25, 0.3) is 0 Å². The first-order chi connectivity index (χ1) is 5.61. The summed E-state index contributed by atoms with van der Waals surface area (Å²) in [6, 6.07) is 0. The number of carbonyl (C=O) groups is 2. The number of hydrogen-bond acceptors (Lipinski definition) is 4. The van der Waals surface area contributed by atoms with Gasteiger partial charge in [0, 0.05) is 19.0 Å². The highest BCUT2D eigenvalue weighted by Crippen LogP contribution is 1.92. The number of nitrogens with two attached hydrogens (primary N) is 2. The number of nitrogens with one attached hydrogen (secondary N) is 1. The molecule has 0 aliphatic carbocycles. The van der Waals surface area contributed by atoms with E-state index in [1.807, 2.05) is 5.43 Å². The summed E-state index contributed by atoms with van der Waals surface area (Å²) in [6.07, 6.45) is 1.21. The molecule has 0 fully saturated rings. The van der Waals surface area contributed by atoms with Crippen LogP contribution in [0.3, 0.4) is 0 Å². The lowest BCUT2D eigenvalue weighted by atomic mass is 10.3. The molecule has 6 nitrogen and oxygen atoms in total. The zero-order valence-corrected chi connectivity index (χ0v) is 6.62. The fourth-order valence-corrected chi connectivity index (χ4v) is 0.524. The van der Waals surface area contributed by atoms with Crippen molar-refractivity contribution < 1.29 is 9.59 Å². The molecule has 0 radical (unpaired) electrons. The van der Waals surface area contributed by atoms with Gasteiger partial charge in [-0.1, -0.05) is 6.58 Å². The number of carbonyl (C=O) groups excluding carboxylic acids is 2. The van der Waals surface area contributed by atoms with E-state index in [1.165, 1.54) is 6.20 Å². The van der Waals surface area contributed by atoms with Crippen LogP contribution in [-0.2, 0) is 9.59 Å². The zero-order valence-electron chi connectivity index (χ0n) is 6.62. The Hall–Kier alpha value is -1.40. The molecule has 0 saturated carbocycles. The lowest BCUT2D eigenvalue weighted by molar-refractivity contribution is -0.131. The van der Waals surface area contributed by atoms with E-state index in [-0.39, 0.29) is 18.7 Å². The molecule has 12 heavy (non-hydrogen) atoms.